The van der Waals surface area contributed by atoms with Gasteiger partial charge in [-0.2, -0.15) is 0 Å². The Labute approximate surface area is 120 Å². The maximum atomic E-state index is 4.82. The van der Waals surface area contributed by atoms with Crippen molar-refractivity contribution in [2.45, 2.75) is 25.7 Å². The molecular weight excluding hydrogens is 248 g/mol. The summed E-state index contributed by atoms with van der Waals surface area (Å²) in [5.74, 6) is 2.36. The number of hydrogen-bond donors (Lipinski definition) is 0. The number of rotatable bonds is 2. The Kier molecular flexibility index (Phi) is 3.72. The van der Waals surface area contributed by atoms with E-state index in [0.717, 1.165) is 37.3 Å². The second kappa shape index (κ2) is 5.65. The SMILES string of the molecule is CN1CCCC1=Nc1ccccc1N=C1CCCN1C. The molecule has 0 spiro atoms. The number of amidine groups is 2. The second-order valence-corrected chi connectivity index (χ2v) is 5.59. The molecule has 1 aromatic carbocycles. The van der Waals surface area contributed by atoms with E-state index in [1.165, 1.54) is 24.5 Å². The summed E-state index contributed by atoms with van der Waals surface area (Å²) in [6, 6.07) is 8.20. The van der Waals surface area contributed by atoms with Gasteiger partial charge in [0.1, 0.15) is 11.7 Å². The van der Waals surface area contributed by atoms with E-state index < -0.39 is 0 Å². The minimum Gasteiger partial charge on any atom is -0.363 e. The first-order chi connectivity index (χ1) is 9.74. The van der Waals surface area contributed by atoms with E-state index in [9.17, 15) is 0 Å². The monoisotopic (exact) mass is 270 g/mol. The van der Waals surface area contributed by atoms with Crippen LogP contribution in [0.25, 0.3) is 0 Å². The lowest BCUT2D eigenvalue weighted by atomic mass is 10.2. The van der Waals surface area contributed by atoms with Gasteiger partial charge < -0.3 is 9.80 Å². The summed E-state index contributed by atoms with van der Waals surface area (Å²) >= 11 is 0. The highest BCUT2D eigenvalue weighted by atomic mass is 15.2. The molecular formula is C16H22N4. The molecule has 0 atom stereocenters. The van der Waals surface area contributed by atoms with E-state index in [1.807, 2.05) is 12.1 Å². The van der Waals surface area contributed by atoms with Crippen molar-refractivity contribution in [3.63, 3.8) is 0 Å². The zero-order chi connectivity index (χ0) is 13.9. The summed E-state index contributed by atoms with van der Waals surface area (Å²) in [4.78, 5) is 14.1. The molecule has 1 aromatic rings. The predicted molar refractivity (Wildman–Crippen MR) is 84.4 cm³/mol. The molecule has 0 unspecified atom stereocenters. The van der Waals surface area contributed by atoms with Crippen LogP contribution < -0.4 is 0 Å². The Morgan fingerprint density at radius 3 is 1.60 bits per heavy atom. The average Bonchev–Trinajstić information content (AvgIpc) is 3.02. The maximum Gasteiger partial charge on any atom is 0.105 e. The van der Waals surface area contributed by atoms with Gasteiger partial charge in [0.25, 0.3) is 0 Å². The fourth-order valence-corrected chi connectivity index (χ4v) is 2.80. The summed E-state index contributed by atoms with van der Waals surface area (Å²) in [7, 11) is 4.23. The Morgan fingerprint density at radius 2 is 1.25 bits per heavy atom. The topological polar surface area (TPSA) is 31.2 Å². The molecule has 2 saturated heterocycles. The lowest BCUT2D eigenvalue weighted by Gasteiger charge is -2.13. The molecule has 0 amide bonds. The summed E-state index contributed by atoms with van der Waals surface area (Å²) in [5, 5.41) is 0. The number of nitrogens with zero attached hydrogens (tertiary/aromatic N) is 4. The van der Waals surface area contributed by atoms with Crippen molar-refractivity contribution in [3.8, 4) is 0 Å². The van der Waals surface area contributed by atoms with Crippen LogP contribution in [0, 0.1) is 0 Å². The highest BCUT2D eigenvalue weighted by Crippen LogP contribution is 2.30. The Bertz CT molecular complexity index is 498. The van der Waals surface area contributed by atoms with Crippen molar-refractivity contribution < 1.29 is 0 Å². The first kappa shape index (κ1) is 13.2. The molecule has 2 heterocycles. The van der Waals surface area contributed by atoms with E-state index in [4.69, 9.17) is 9.98 Å². The van der Waals surface area contributed by atoms with Gasteiger partial charge in [-0.15, -0.1) is 0 Å². The van der Waals surface area contributed by atoms with Crippen LogP contribution >= 0.6 is 0 Å². The van der Waals surface area contributed by atoms with Crippen LogP contribution in [-0.4, -0.2) is 48.7 Å². The van der Waals surface area contributed by atoms with Gasteiger partial charge >= 0.3 is 0 Å². The second-order valence-electron chi connectivity index (χ2n) is 5.59. The molecule has 3 rings (SSSR count). The van der Waals surface area contributed by atoms with Crippen LogP contribution in [0.2, 0.25) is 0 Å². The summed E-state index contributed by atoms with van der Waals surface area (Å²) in [6.07, 6.45) is 4.55. The van der Waals surface area contributed by atoms with Crippen LogP contribution in [0.5, 0.6) is 0 Å². The van der Waals surface area contributed by atoms with Gasteiger partial charge in [-0.1, -0.05) is 12.1 Å². The van der Waals surface area contributed by atoms with Crippen LogP contribution in [0.15, 0.2) is 34.3 Å². The van der Waals surface area contributed by atoms with Crippen LogP contribution in [0.3, 0.4) is 0 Å². The molecule has 0 aliphatic carbocycles. The molecule has 0 bridgehead atoms. The zero-order valence-electron chi connectivity index (χ0n) is 12.3. The number of para-hydroxylation sites is 2. The zero-order valence-corrected chi connectivity index (χ0v) is 12.3. The number of benzene rings is 1. The highest BCUT2D eigenvalue weighted by Gasteiger charge is 2.16. The summed E-state index contributed by atoms with van der Waals surface area (Å²) < 4.78 is 0. The van der Waals surface area contributed by atoms with Gasteiger partial charge in [-0.3, -0.25) is 0 Å². The molecule has 2 fully saturated rings. The first-order valence-corrected chi connectivity index (χ1v) is 7.40. The van der Waals surface area contributed by atoms with Gasteiger partial charge in [0.2, 0.25) is 0 Å². The van der Waals surface area contributed by atoms with Crippen LogP contribution in [0.1, 0.15) is 25.7 Å². The lowest BCUT2D eigenvalue weighted by Crippen LogP contribution is -2.19. The van der Waals surface area contributed by atoms with E-state index >= 15 is 0 Å². The van der Waals surface area contributed by atoms with E-state index in [-0.39, 0.29) is 0 Å². The molecule has 0 radical (unpaired) electrons. The fraction of sp³-hybridized carbons (Fsp3) is 0.500. The van der Waals surface area contributed by atoms with Crippen molar-refractivity contribution in [3.05, 3.63) is 24.3 Å². The van der Waals surface area contributed by atoms with Gasteiger partial charge in [0, 0.05) is 40.0 Å². The van der Waals surface area contributed by atoms with Gasteiger partial charge in [-0.05, 0) is 25.0 Å². The minimum atomic E-state index is 0.990. The Morgan fingerprint density at radius 1 is 0.800 bits per heavy atom. The van der Waals surface area contributed by atoms with Crippen molar-refractivity contribution in [1.82, 2.24) is 9.80 Å². The van der Waals surface area contributed by atoms with E-state index in [1.54, 1.807) is 0 Å². The van der Waals surface area contributed by atoms with Crippen molar-refractivity contribution in [1.29, 1.82) is 0 Å². The standard InChI is InChI=1S/C16H22N4/c1-19-11-5-9-15(19)17-13-7-3-4-8-14(13)18-16-10-6-12-20(16)2/h3-4,7-8H,5-6,9-12H2,1-2H3. The number of likely N-dealkylation sites (tertiary alicyclic amines) is 2. The average molecular weight is 270 g/mol. The largest absolute Gasteiger partial charge is 0.363 e. The Hall–Kier alpha value is -1.84. The smallest absolute Gasteiger partial charge is 0.105 e. The quantitative estimate of drug-likeness (QED) is 0.826. The van der Waals surface area contributed by atoms with Crippen molar-refractivity contribution >= 4 is 23.0 Å². The summed E-state index contributed by atoms with van der Waals surface area (Å²) in [6.45, 7) is 2.22. The van der Waals surface area contributed by atoms with Gasteiger partial charge in [-0.25, -0.2) is 9.98 Å². The van der Waals surface area contributed by atoms with Gasteiger partial charge in [0.15, 0.2) is 0 Å². The van der Waals surface area contributed by atoms with Crippen molar-refractivity contribution in [2.24, 2.45) is 9.98 Å². The normalized spacial score (nSPS) is 23.3. The van der Waals surface area contributed by atoms with Gasteiger partial charge in [0.05, 0.1) is 11.4 Å². The predicted octanol–water partition coefficient (Wildman–Crippen LogP) is 3.20. The van der Waals surface area contributed by atoms with Crippen LogP contribution in [-0.2, 0) is 0 Å². The third-order valence-electron chi connectivity index (χ3n) is 4.05. The Balaban J connectivity index is 1.92. The number of aliphatic imine (C=N–C) groups is 2. The molecule has 2 aliphatic rings. The van der Waals surface area contributed by atoms with E-state index in [0.29, 0.717) is 0 Å². The molecule has 106 valence electrons. The molecule has 20 heavy (non-hydrogen) atoms. The highest BCUT2D eigenvalue weighted by molar-refractivity contribution is 5.90. The molecule has 2 aliphatic heterocycles. The molecule has 4 heteroatoms. The van der Waals surface area contributed by atoms with Crippen LogP contribution in [0.4, 0.5) is 11.4 Å². The molecule has 4 nitrogen and oxygen atoms in total. The molecule has 0 N–H and O–H groups in total. The van der Waals surface area contributed by atoms with E-state index in [2.05, 4.69) is 36.0 Å². The maximum absolute atomic E-state index is 4.82. The molecule has 0 saturated carbocycles. The third kappa shape index (κ3) is 2.69. The summed E-state index contributed by atoms with van der Waals surface area (Å²) in [5.41, 5.74) is 1.98. The number of hydrogen-bond acceptors (Lipinski definition) is 2. The minimum absolute atomic E-state index is 0.990. The lowest BCUT2D eigenvalue weighted by molar-refractivity contribution is 0.549. The fourth-order valence-electron chi connectivity index (χ4n) is 2.80. The molecule has 0 aromatic heterocycles. The third-order valence-corrected chi connectivity index (χ3v) is 4.05. The van der Waals surface area contributed by atoms with Crippen molar-refractivity contribution in [2.75, 3.05) is 27.2 Å². The first-order valence-electron chi connectivity index (χ1n) is 7.40.